The van der Waals surface area contributed by atoms with Crippen LogP contribution < -0.4 is 0 Å². The molecule has 8 heteroatoms. The van der Waals surface area contributed by atoms with E-state index in [0.717, 1.165) is 12.0 Å². The maximum absolute atomic E-state index is 13.5. The van der Waals surface area contributed by atoms with E-state index in [4.69, 9.17) is 9.47 Å². The van der Waals surface area contributed by atoms with Crippen LogP contribution in [0, 0.1) is 28.6 Å². The van der Waals surface area contributed by atoms with Crippen LogP contribution in [0.1, 0.15) is 99.3 Å². The standard InChI is InChI=1S/C31H50O8/c1-7-30(17-38-30)39-25(10-11-26(2,3)35)29(6,36)24-9-13-31(37)19-14-21(32)20-15-22(33)23(34)16-27(20,4)18(19)8-12-28(24,31)5/h14,18,20,22-25,33-37H,7-13,15-17H2,1-6H3/t18?,20?,22-,23+,24?,25-,27?,28?,29-,30?,31-/m1/s1. The highest BCUT2D eigenvalue weighted by Crippen LogP contribution is 2.68. The molecule has 6 unspecified atom stereocenters. The quantitative estimate of drug-likeness (QED) is 0.291. The molecule has 8 nitrogen and oxygen atoms in total. The van der Waals surface area contributed by atoms with E-state index < -0.39 is 51.7 Å². The van der Waals surface area contributed by atoms with Gasteiger partial charge >= 0.3 is 0 Å². The predicted molar refractivity (Wildman–Crippen MR) is 144 cm³/mol. The fourth-order valence-electron chi connectivity index (χ4n) is 9.18. The number of fused-ring (bicyclic) bond motifs is 5. The van der Waals surface area contributed by atoms with Gasteiger partial charge in [-0.15, -0.1) is 0 Å². The lowest BCUT2D eigenvalue weighted by atomic mass is 9.45. The average Bonchev–Trinajstić information content (AvgIpc) is 3.54. The molecule has 0 radical (unpaired) electrons. The molecular formula is C31H50O8. The minimum Gasteiger partial charge on any atom is -0.390 e. The number of ketones is 1. The summed E-state index contributed by atoms with van der Waals surface area (Å²) in [5.74, 6) is -1.55. The molecule has 5 aliphatic rings. The Kier molecular flexibility index (Phi) is 7.07. The van der Waals surface area contributed by atoms with Crippen molar-refractivity contribution in [2.24, 2.45) is 28.6 Å². The Hall–Kier alpha value is -0.870. The summed E-state index contributed by atoms with van der Waals surface area (Å²) in [6.45, 7) is 11.9. The molecule has 3 saturated carbocycles. The van der Waals surface area contributed by atoms with Crippen LogP contribution in [0.4, 0.5) is 0 Å². The summed E-state index contributed by atoms with van der Waals surface area (Å²) < 4.78 is 12.1. The molecule has 11 atom stereocenters. The molecule has 1 aliphatic heterocycles. The number of rotatable bonds is 8. The number of allylic oxidation sites excluding steroid dienone is 1. The monoisotopic (exact) mass is 550 g/mol. The van der Waals surface area contributed by atoms with Crippen LogP contribution in [0.2, 0.25) is 0 Å². The second-order valence-corrected chi connectivity index (χ2v) is 14.8. The minimum absolute atomic E-state index is 0.0745. The first-order valence-electron chi connectivity index (χ1n) is 15.0. The number of carbonyl (C=O) groups excluding carboxylic acids is 1. The van der Waals surface area contributed by atoms with Gasteiger partial charge in [0.05, 0.1) is 35.1 Å². The summed E-state index contributed by atoms with van der Waals surface area (Å²) >= 11 is 0. The van der Waals surface area contributed by atoms with Crippen LogP contribution in [0.15, 0.2) is 11.6 Å². The molecule has 222 valence electrons. The second-order valence-electron chi connectivity index (χ2n) is 14.8. The Morgan fingerprint density at radius 1 is 1.10 bits per heavy atom. The van der Waals surface area contributed by atoms with Crippen molar-refractivity contribution in [3.8, 4) is 0 Å². The first-order valence-corrected chi connectivity index (χ1v) is 15.0. The maximum atomic E-state index is 13.5. The topological polar surface area (TPSA) is 140 Å². The van der Waals surface area contributed by atoms with Crippen molar-refractivity contribution in [2.75, 3.05) is 6.61 Å². The smallest absolute Gasteiger partial charge is 0.192 e. The maximum Gasteiger partial charge on any atom is 0.192 e. The van der Waals surface area contributed by atoms with Crippen LogP contribution in [-0.2, 0) is 14.3 Å². The number of ether oxygens (including phenoxy) is 2. The zero-order chi connectivity index (χ0) is 28.8. The molecule has 4 aliphatic carbocycles. The number of aliphatic hydroxyl groups is 5. The van der Waals surface area contributed by atoms with Gasteiger partial charge in [-0.1, -0.05) is 20.8 Å². The summed E-state index contributed by atoms with van der Waals surface area (Å²) in [4.78, 5) is 13.5. The Morgan fingerprint density at radius 3 is 2.36 bits per heavy atom. The van der Waals surface area contributed by atoms with E-state index in [1.807, 2.05) is 20.8 Å². The van der Waals surface area contributed by atoms with E-state index in [1.165, 1.54) is 0 Å². The van der Waals surface area contributed by atoms with Crippen LogP contribution in [0.25, 0.3) is 0 Å². The number of hydrogen-bond acceptors (Lipinski definition) is 8. The molecule has 0 aromatic carbocycles. The van der Waals surface area contributed by atoms with Crippen LogP contribution in [0.5, 0.6) is 0 Å². The molecule has 5 N–H and O–H groups in total. The zero-order valence-corrected chi connectivity index (χ0v) is 24.6. The van der Waals surface area contributed by atoms with Crippen molar-refractivity contribution in [3.63, 3.8) is 0 Å². The van der Waals surface area contributed by atoms with Crippen molar-refractivity contribution in [2.45, 2.75) is 140 Å². The molecule has 39 heavy (non-hydrogen) atoms. The van der Waals surface area contributed by atoms with Gasteiger partial charge in [0, 0.05) is 17.8 Å². The molecule has 1 saturated heterocycles. The number of carbonyl (C=O) groups is 1. The van der Waals surface area contributed by atoms with Gasteiger partial charge in [0.2, 0.25) is 0 Å². The van der Waals surface area contributed by atoms with Crippen molar-refractivity contribution in [1.82, 2.24) is 0 Å². The highest BCUT2D eigenvalue weighted by Gasteiger charge is 2.69. The van der Waals surface area contributed by atoms with Gasteiger partial charge in [-0.3, -0.25) is 4.79 Å². The Labute approximate surface area is 232 Å². The number of aliphatic hydroxyl groups excluding tert-OH is 2. The minimum atomic E-state index is -1.32. The van der Waals surface area contributed by atoms with Crippen molar-refractivity contribution in [1.29, 1.82) is 0 Å². The molecule has 0 aromatic rings. The highest BCUT2D eigenvalue weighted by atomic mass is 16.8. The number of hydrogen-bond donors (Lipinski definition) is 5. The molecule has 0 bridgehead atoms. The molecule has 0 amide bonds. The Balaban J connectivity index is 1.48. The summed E-state index contributed by atoms with van der Waals surface area (Å²) in [7, 11) is 0. The summed E-state index contributed by atoms with van der Waals surface area (Å²) in [5.41, 5.74) is -4.00. The van der Waals surface area contributed by atoms with Gasteiger partial charge in [0.1, 0.15) is 6.61 Å². The summed E-state index contributed by atoms with van der Waals surface area (Å²) in [6, 6.07) is 0. The van der Waals surface area contributed by atoms with E-state index >= 15 is 0 Å². The molecular weight excluding hydrogens is 500 g/mol. The highest BCUT2D eigenvalue weighted by molar-refractivity contribution is 5.95. The third kappa shape index (κ3) is 4.57. The van der Waals surface area contributed by atoms with Crippen LogP contribution >= 0.6 is 0 Å². The second kappa shape index (κ2) is 9.32. The molecule has 5 rings (SSSR count). The van der Waals surface area contributed by atoms with E-state index in [0.29, 0.717) is 51.6 Å². The van der Waals surface area contributed by atoms with Gasteiger partial charge in [-0.2, -0.15) is 0 Å². The van der Waals surface area contributed by atoms with E-state index in [1.54, 1.807) is 26.8 Å². The lowest BCUT2D eigenvalue weighted by Gasteiger charge is -2.60. The summed E-state index contributed by atoms with van der Waals surface area (Å²) in [6.07, 6.45) is 3.74. The van der Waals surface area contributed by atoms with Crippen molar-refractivity contribution >= 4 is 5.78 Å². The Morgan fingerprint density at radius 2 is 1.77 bits per heavy atom. The number of epoxide rings is 1. The van der Waals surface area contributed by atoms with Crippen molar-refractivity contribution in [3.05, 3.63) is 11.6 Å². The van der Waals surface area contributed by atoms with Crippen molar-refractivity contribution < 1.29 is 39.8 Å². The zero-order valence-electron chi connectivity index (χ0n) is 24.6. The van der Waals surface area contributed by atoms with Crippen LogP contribution in [0.3, 0.4) is 0 Å². The molecule has 0 spiro atoms. The average molecular weight is 551 g/mol. The first kappa shape index (κ1) is 29.6. The van der Waals surface area contributed by atoms with Gasteiger partial charge in [-0.05, 0) is 101 Å². The third-order valence-corrected chi connectivity index (χ3v) is 11.9. The molecule has 0 aromatic heterocycles. The lowest BCUT2D eigenvalue weighted by Crippen LogP contribution is -2.63. The molecule has 1 heterocycles. The molecule has 4 fully saturated rings. The third-order valence-electron chi connectivity index (χ3n) is 11.9. The SMILES string of the molecule is CCC1(O[C@H](CCC(C)(C)O)[C@](C)(O)C2CC[C@@]3(O)C4=CC(=O)C5C[C@@H](O)[C@@H](O)CC5(C)C4CCC23C)CO1. The van der Waals surface area contributed by atoms with Gasteiger partial charge in [-0.25, -0.2) is 0 Å². The fourth-order valence-corrected chi connectivity index (χ4v) is 9.18. The van der Waals surface area contributed by atoms with E-state index in [-0.39, 0.29) is 30.0 Å². The van der Waals surface area contributed by atoms with E-state index in [9.17, 15) is 30.3 Å². The fraction of sp³-hybridized carbons (Fsp3) is 0.903. The predicted octanol–water partition coefficient (Wildman–Crippen LogP) is 3.01. The van der Waals surface area contributed by atoms with E-state index in [2.05, 4.69) is 0 Å². The lowest BCUT2D eigenvalue weighted by molar-refractivity contribution is -0.215. The largest absolute Gasteiger partial charge is 0.390 e. The van der Waals surface area contributed by atoms with Gasteiger partial charge in [0.15, 0.2) is 11.6 Å². The first-order chi connectivity index (χ1) is 17.9. The Bertz CT molecular complexity index is 1010. The van der Waals surface area contributed by atoms with Crippen LogP contribution in [-0.4, -0.2) is 78.8 Å². The van der Waals surface area contributed by atoms with Gasteiger partial charge < -0.3 is 35.0 Å². The van der Waals surface area contributed by atoms with Gasteiger partial charge in [0.25, 0.3) is 0 Å². The summed E-state index contributed by atoms with van der Waals surface area (Å²) in [5, 5.41) is 56.2. The normalized spacial score (nSPS) is 47.9.